The fraction of sp³-hybridized carbons (Fsp3) is 0.462. The lowest BCUT2D eigenvalue weighted by molar-refractivity contribution is -0.138. The van der Waals surface area contributed by atoms with Gasteiger partial charge in [0.15, 0.2) is 0 Å². The number of benzene rings is 1. The summed E-state index contributed by atoms with van der Waals surface area (Å²) >= 11 is 0. The maximum Gasteiger partial charge on any atom is 0.326 e. The molecule has 0 fully saturated rings. The fourth-order valence-corrected chi connectivity index (χ4v) is 2.41. The van der Waals surface area contributed by atoms with Crippen LogP contribution in [0.2, 0.25) is 0 Å². The highest BCUT2D eigenvalue weighted by Crippen LogP contribution is 2.39. The second-order valence-corrected chi connectivity index (χ2v) is 4.50. The van der Waals surface area contributed by atoms with Crippen molar-refractivity contribution in [1.82, 2.24) is 0 Å². The number of rotatable bonds is 3. The van der Waals surface area contributed by atoms with Gasteiger partial charge in [0.05, 0.1) is 0 Å². The van der Waals surface area contributed by atoms with Crippen molar-refractivity contribution in [3.05, 3.63) is 29.8 Å². The highest BCUT2D eigenvalue weighted by Gasteiger charge is 2.34. The van der Waals surface area contributed by atoms with Gasteiger partial charge in [0.25, 0.3) is 0 Å². The molecule has 2 atom stereocenters. The molecule has 0 unspecified atom stereocenters. The molecule has 1 heterocycles. The Bertz CT molecular complexity index is 450. The first-order chi connectivity index (χ1) is 8.52. The minimum atomic E-state index is -2.41. The Kier molecular flexibility index (Phi) is 3.50. The molecule has 0 spiro atoms. The summed E-state index contributed by atoms with van der Waals surface area (Å²) in [5, 5.41) is 9.05. The average molecular weight is 255 g/mol. The SMILES string of the molecule is C[C@@H](C(=O)O)N1CC[C@@H](C(F)F)c2ccccc21. The van der Waals surface area contributed by atoms with Gasteiger partial charge in [-0.3, -0.25) is 0 Å². The molecule has 0 bridgehead atoms. The minimum absolute atomic E-state index is 0.284. The molecular weight excluding hydrogens is 240 g/mol. The number of carboxylic acid groups (broad SMARTS) is 1. The Labute approximate surface area is 104 Å². The van der Waals surface area contributed by atoms with E-state index in [0.29, 0.717) is 17.8 Å². The predicted molar refractivity (Wildman–Crippen MR) is 64.2 cm³/mol. The van der Waals surface area contributed by atoms with Crippen molar-refractivity contribution in [2.75, 3.05) is 11.4 Å². The molecular formula is C13H15F2NO2. The lowest BCUT2D eigenvalue weighted by atomic mass is 9.89. The summed E-state index contributed by atoms with van der Waals surface area (Å²) in [4.78, 5) is 12.7. The van der Waals surface area contributed by atoms with Crippen LogP contribution >= 0.6 is 0 Å². The molecule has 1 aliphatic rings. The van der Waals surface area contributed by atoms with E-state index < -0.39 is 24.4 Å². The molecule has 5 heteroatoms. The molecule has 98 valence electrons. The van der Waals surface area contributed by atoms with Crippen LogP contribution in [-0.2, 0) is 4.79 Å². The molecule has 0 saturated heterocycles. The second-order valence-electron chi connectivity index (χ2n) is 4.50. The maximum absolute atomic E-state index is 13.0. The molecule has 0 aromatic heterocycles. The van der Waals surface area contributed by atoms with Gasteiger partial charge >= 0.3 is 5.97 Å². The Morgan fingerprint density at radius 2 is 2.11 bits per heavy atom. The highest BCUT2D eigenvalue weighted by molar-refractivity contribution is 5.78. The van der Waals surface area contributed by atoms with Gasteiger partial charge in [0.2, 0.25) is 6.43 Å². The van der Waals surface area contributed by atoms with Crippen LogP contribution in [0.1, 0.15) is 24.8 Å². The molecule has 0 saturated carbocycles. The molecule has 0 aliphatic carbocycles. The molecule has 2 rings (SSSR count). The number of fused-ring (bicyclic) bond motifs is 1. The predicted octanol–water partition coefficient (Wildman–Crippen LogP) is 2.72. The third kappa shape index (κ3) is 2.17. The van der Waals surface area contributed by atoms with Crippen LogP contribution < -0.4 is 4.90 Å². The van der Waals surface area contributed by atoms with E-state index in [9.17, 15) is 13.6 Å². The zero-order valence-electron chi connectivity index (χ0n) is 10.0. The topological polar surface area (TPSA) is 40.5 Å². The first kappa shape index (κ1) is 12.8. The van der Waals surface area contributed by atoms with Crippen molar-refractivity contribution in [1.29, 1.82) is 0 Å². The number of halogens is 2. The smallest absolute Gasteiger partial charge is 0.326 e. The van der Waals surface area contributed by atoms with E-state index in [-0.39, 0.29) is 6.42 Å². The Morgan fingerprint density at radius 3 is 2.72 bits per heavy atom. The maximum atomic E-state index is 13.0. The van der Waals surface area contributed by atoms with E-state index >= 15 is 0 Å². The van der Waals surface area contributed by atoms with E-state index in [1.165, 1.54) is 0 Å². The van der Waals surface area contributed by atoms with Gasteiger partial charge < -0.3 is 10.0 Å². The molecule has 1 aromatic carbocycles. The average Bonchev–Trinajstić information content (AvgIpc) is 2.36. The van der Waals surface area contributed by atoms with Gasteiger partial charge in [0.1, 0.15) is 6.04 Å². The number of carbonyl (C=O) groups is 1. The highest BCUT2D eigenvalue weighted by atomic mass is 19.3. The van der Waals surface area contributed by atoms with Crippen molar-refractivity contribution >= 4 is 11.7 Å². The van der Waals surface area contributed by atoms with Crippen molar-refractivity contribution in [3.63, 3.8) is 0 Å². The van der Waals surface area contributed by atoms with Crippen molar-refractivity contribution < 1.29 is 18.7 Å². The molecule has 1 aliphatic heterocycles. The van der Waals surface area contributed by atoms with E-state index in [4.69, 9.17) is 5.11 Å². The van der Waals surface area contributed by atoms with Gasteiger partial charge in [0, 0.05) is 18.2 Å². The van der Waals surface area contributed by atoms with E-state index in [2.05, 4.69) is 0 Å². The largest absolute Gasteiger partial charge is 0.480 e. The monoisotopic (exact) mass is 255 g/mol. The number of hydrogen-bond acceptors (Lipinski definition) is 2. The summed E-state index contributed by atoms with van der Waals surface area (Å²) in [7, 11) is 0. The molecule has 1 aromatic rings. The minimum Gasteiger partial charge on any atom is -0.480 e. The number of para-hydroxylation sites is 1. The number of alkyl halides is 2. The first-order valence-corrected chi connectivity index (χ1v) is 5.89. The summed E-state index contributed by atoms with van der Waals surface area (Å²) in [6.45, 7) is 1.92. The van der Waals surface area contributed by atoms with Crippen LogP contribution in [0, 0.1) is 0 Å². The van der Waals surface area contributed by atoms with Crippen LogP contribution in [0.25, 0.3) is 0 Å². The number of aliphatic carboxylic acids is 1. The van der Waals surface area contributed by atoms with Gasteiger partial charge in [-0.1, -0.05) is 18.2 Å². The Morgan fingerprint density at radius 1 is 1.44 bits per heavy atom. The molecule has 3 nitrogen and oxygen atoms in total. The number of hydrogen-bond donors (Lipinski definition) is 1. The summed E-state index contributed by atoms with van der Waals surface area (Å²) in [5.74, 6) is -1.74. The second kappa shape index (κ2) is 4.92. The summed E-state index contributed by atoms with van der Waals surface area (Å²) in [6.07, 6.45) is -2.12. The van der Waals surface area contributed by atoms with Gasteiger partial charge in [-0.05, 0) is 25.0 Å². The normalized spacial score (nSPS) is 20.7. The molecule has 0 radical (unpaired) electrons. The van der Waals surface area contributed by atoms with Crippen LogP contribution in [-0.4, -0.2) is 30.1 Å². The Balaban J connectivity index is 2.39. The summed E-state index contributed by atoms with van der Waals surface area (Å²) < 4.78 is 25.9. The summed E-state index contributed by atoms with van der Waals surface area (Å²) in [6, 6.07) is 6.12. The standard InChI is InChI=1S/C13H15F2NO2/c1-8(13(17)18)16-7-6-10(12(14)15)9-4-2-3-5-11(9)16/h2-5,8,10,12H,6-7H2,1H3,(H,17,18)/t8-,10+/m0/s1. The zero-order chi connectivity index (χ0) is 13.3. The number of carboxylic acids is 1. The quantitative estimate of drug-likeness (QED) is 0.902. The third-order valence-corrected chi connectivity index (χ3v) is 3.46. The Hall–Kier alpha value is -1.65. The van der Waals surface area contributed by atoms with E-state index in [1.54, 1.807) is 36.1 Å². The van der Waals surface area contributed by atoms with Crippen molar-refractivity contribution in [3.8, 4) is 0 Å². The van der Waals surface area contributed by atoms with Crippen LogP contribution in [0.3, 0.4) is 0 Å². The summed E-state index contributed by atoms with van der Waals surface area (Å²) in [5.41, 5.74) is 1.16. The lowest BCUT2D eigenvalue weighted by Gasteiger charge is -2.37. The first-order valence-electron chi connectivity index (χ1n) is 5.89. The fourth-order valence-electron chi connectivity index (χ4n) is 2.41. The molecule has 18 heavy (non-hydrogen) atoms. The van der Waals surface area contributed by atoms with E-state index in [0.717, 1.165) is 0 Å². The van der Waals surface area contributed by atoms with Crippen LogP contribution in [0.15, 0.2) is 24.3 Å². The zero-order valence-corrected chi connectivity index (χ0v) is 10.0. The molecule has 0 amide bonds. The van der Waals surface area contributed by atoms with Gasteiger partial charge in [-0.25, -0.2) is 13.6 Å². The number of nitrogens with zero attached hydrogens (tertiary/aromatic N) is 1. The van der Waals surface area contributed by atoms with Crippen molar-refractivity contribution in [2.24, 2.45) is 0 Å². The van der Waals surface area contributed by atoms with Crippen LogP contribution in [0.5, 0.6) is 0 Å². The van der Waals surface area contributed by atoms with E-state index in [1.807, 2.05) is 0 Å². The van der Waals surface area contributed by atoms with Crippen LogP contribution in [0.4, 0.5) is 14.5 Å². The molecule has 1 N–H and O–H groups in total. The van der Waals surface area contributed by atoms with Gasteiger partial charge in [-0.2, -0.15) is 0 Å². The van der Waals surface area contributed by atoms with Crippen molar-refractivity contribution in [2.45, 2.75) is 31.7 Å². The van der Waals surface area contributed by atoms with Gasteiger partial charge in [-0.15, -0.1) is 0 Å². The third-order valence-electron chi connectivity index (χ3n) is 3.46. The lowest BCUT2D eigenvalue weighted by Crippen LogP contribution is -2.43. The number of anilines is 1.